The first-order valence-electron chi connectivity index (χ1n) is 5.32. The predicted molar refractivity (Wildman–Crippen MR) is 67.0 cm³/mol. The van der Waals surface area contributed by atoms with Gasteiger partial charge in [0.05, 0.1) is 10.6 Å². The molecule has 1 aromatic heterocycles. The zero-order chi connectivity index (χ0) is 14.9. The fourth-order valence-corrected chi connectivity index (χ4v) is 2.07. The second-order valence-electron chi connectivity index (χ2n) is 3.94. The van der Waals surface area contributed by atoms with E-state index in [0.717, 1.165) is 24.6 Å². The van der Waals surface area contributed by atoms with E-state index in [-0.39, 0.29) is 11.4 Å². The summed E-state index contributed by atoms with van der Waals surface area (Å²) in [5.74, 6) is -1.57. The van der Waals surface area contributed by atoms with Crippen molar-refractivity contribution < 1.29 is 22.0 Å². The summed E-state index contributed by atoms with van der Waals surface area (Å²) in [5.41, 5.74) is 0.292. The fourth-order valence-electron chi connectivity index (χ4n) is 1.51. The van der Waals surface area contributed by atoms with Crippen LogP contribution in [0.15, 0.2) is 33.9 Å². The molecule has 0 radical (unpaired) electrons. The van der Waals surface area contributed by atoms with E-state index in [1.807, 2.05) is 0 Å². The minimum absolute atomic E-state index is 0.0496. The number of nitrogens with two attached hydrogens (primary N) is 1. The van der Waals surface area contributed by atoms with Crippen LogP contribution >= 0.6 is 0 Å². The Kier molecular flexibility index (Phi) is 3.55. The summed E-state index contributed by atoms with van der Waals surface area (Å²) in [7, 11) is -4.07. The van der Waals surface area contributed by atoms with Crippen molar-refractivity contribution in [2.45, 2.75) is 11.8 Å². The highest BCUT2D eigenvalue weighted by Gasteiger charge is 2.16. The average molecular weight is 299 g/mol. The molecule has 0 aliphatic heterocycles. The predicted octanol–water partition coefficient (Wildman–Crippen LogP) is 1.02. The number of primary sulfonamides is 1. The number of hydrogen-bond donors (Lipinski definition) is 2. The van der Waals surface area contributed by atoms with Crippen molar-refractivity contribution in [2.24, 2.45) is 5.14 Å². The number of rotatable bonds is 3. The van der Waals surface area contributed by atoms with Crippen LogP contribution < -0.4 is 10.5 Å². The van der Waals surface area contributed by atoms with Gasteiger partial charge in [0, 0.05) is 5.69 Å². The maximum absolute atomic E-state index is 13.3. The molecule has 0 saturated carbocycles. The molecule has 7 nitrogen and oxygen atoms in total. The molecule has 9 heteroatoms. The van der Waals surface area contributed by atoms with Crippen molar-refractivity contribution in [2.75, 3.05) is 5.32 Å². The molecule has 0 saturated heterocycles. The lowest BCUT2D eigenvalue weighted by Crippen LogP contribution is -2.15. The molecule has 0 bridgehead atoms. The summed E-state index contributed by atoms with van der Waals surface area (Å²) in [6.07, 6.45) is 1.09. The minimum Gasteiger partial charge on any atom is -0.438 e. The zero-order valence-electron chi connectivity index (χ0n) is 10.3. The molecule has 106 valence electrons. The van der Waals surface area contributed by atoms with Crippen LogP contribution in [0.2, 0.25) is 0 Å². The number of halogens is 1. The zero-order valence-corrected chi connectivity index (χ0v) is 11.1. The normalized spacial score (nSPS) is 11.3. The molecule has 1 heterocycles. The molecule has 0 aliphatic carbocycles. The molecule has 20 heavy (non-hydrogen) atoms. The number of sulfonamides is 1. The van der Waals surface area contributed by atoms with E-state index < -0.39 is 26.6 Å². The number of amides is 1. The third-order valence-corrected chi connectivity index (χ3v) is 3.30. The topological polar surface area (TPSA) is 115 Å². The Bertz CT molecular complexity index is 770. The highest BCUT2D eigenvalue weighted by Crippen LogP contribution is 2.18. The smallest absolute Gasteiger partial charge is 0.293 e. The van der Waals surface area contributed by atoms with E-state index in [9.17, 15) is 17.6 Å². The highest BCUT2D eigenvalue weighted by atomic mass is 32.2. The number of benzene rings is 1. The lowest BCUT2D eigenvalue weighted by atomic mass is 10.3. The van der Waals surface area contributed by atoms with Gasteiger partial charge < -0.3 is 9.73 Å². The second-order valence-corrected chi connectivity index (χ2v) is 5.50. The first-order valence-corrected chi connectivity index (χ1v) is 6.87. The van der Waals surface area contributed by atoms with Crippen LogP contribution in [0.4, 0.5) is 10.1 Å². The Labute approximate surface area is 113 Å². The largest absolute Gasteiger partial charge is 0.438 e. The molecule has 0 fully saturated rings. The molecule has 2 aromatic rings. The van der Waals surface area contributed by atoms with Crippen molar-refractivity contribution in [3.63, 3.8) is 0 Å². The van der Waals surface area contributed by atoms with Gasteiger partial charge in [-0.2, -0.15) is 0 Å². The number of carbonyl (C=O) groups excluding carboxylic acids is 1. The lowest BCUT2D eigenvalue weighted by molar-refractivity contribution is 0.0996. The summed E-state index contributed by atoms with van der Waals surface area (Å²) in [4.78, 5) is 15.1. The van der Waals surface area contributed by atoms with Gasteiger partial charge in [0.15, 0.2) is 6.39 Å². The molecule has 1 aromatic carbocycles. The van der Waals surface area contributed by atoms with Crippen LogP contribution in [-0.2, 0) is 10.0 Å². The molecule has 0 unspecified atom stereocenters. The van der Waals surface area contributed by atoms with Crippen molar-refractivity contribution in [3.05, 3.63) is 41.9 Å². The van der Waals surface area contributed by atoms with Crippen LogP contribution in [0.5, 0.6) is 0 Å². The molecule has 0 atom stereocenters. The molecular weight excluding hydrogens is 289 g/mol. The van der Waals surface area contributed by atoms with Gasteiger partial charge in [-0.3, -0.25) is 4.79 Å². The van der Waals surface area contributed by atoms with E-state index in [1.165, 1.54) is 0 Å². The van der Waals surface area contributed by atoms with Crippen molar-refractivity contribution in [1.29, 1.82) is 0 Å². The van der Waals surface area contributed by atoms with Crippen LogP contribution in [0.1, 0.15) is 16.2 Å². The Morgan fingerprint density at radius 3 is 2.65 bits per heavy atom. The summed E-state index contributed by atoms with van der Waals surface area (Å²) in [6.45, 7) is 1.56. The van der Waals surface area contributed by atoms with Gasteiger partial charge in [0.25, 0.3) is 5.91 Å². The summed E-state index contributed by atoms with van der Waals surface area (Å²) in [6, 6.07) is 2.75. The van der Waals surface area contributed by atoms with Crippen molar-refractivity contribution in [1.82, 2.24) is 4.98 Å². The fraction of sp³-hybridized carbons (Fsp3) is 0.0909. The van der Waals surface area contributed by atoms with Crippen molar-refractivity contribution >= 4 is 21.6 Å². The number of aromatic nitrogens is 1. The highest BCUT2D eigenvalue weighted by molar-refractivity contribution is 7.89. The monoisotopic (exact) mass is 299 g/mol. The van der Waals surface area contributed by atoms with Gasteiger partial charge in [-0.25, -0.2) is 22.9 Å². The number of nitrogens with zero attached hydrogens (tertiary/aromatic N) is 1. The summed E-state index contributed by atoms with van der Waals surface area (Å²) in [5, 5.41) is 7.21. The first-order chi connectivity index (χ1) is 9.27. The SMILES string of the molecule is Cc1ncoc1C(=O)Nc1cc(F)cc(S(N)(=O)=O)c1. The summed E-state index contributed by atoms with van der Waals surface area (Å²) < 4.78 is 40.5. The minimum atomic E-state index is -4.07. The van der Waals surface area contributed by atoms with E-state index in [1.54, 1.807) is 6.92 Å². The maximum Gasteiger partial charge on any atom is 0.293 e. The van der Waals surface area contributed by atoms with Crippen LogP contribution in [0.25, 0.3) is 0 Å². The molecule has 2 rings (SSSR count). The molecule has 0 spiro atoms. The van der Waals surface area contributed by atoms with E-state index >= 15 is 0 Å². The number of carbonyl (C=O) groups is 1. The Balaban J connectivity index is 2.33. The van der Waals surface area contributed by atoms with Gasteiger partial charge in [-0.15, -0.1) is 0 Å². The summed E-state index contributed by atoms with van der Waals surface area (Å²) >= 11 is 0. The number of anilines is 1. The third kappa shape index (κ3) is 3.00. The van der Waals surface area contributed by atoms with Gasteiger partial charge in [0.1, 0.15) is 5.82 Å². The van der Waals surface area contributed by atoms with Crippen LogP contribution in [-0.4, -0.2) is 19.3 Å². The number of hydrogen-bond acceptors (Lipinski definition) is 5. The van der Waals surface area contributed by atoms with E-state index in [2.05, 4.69) is 10.3 Å². The van der Waals surface area contributed by atoms with Gasteiger partial charge in [0.2, 0.25) is 15.8 Å². The third-order valence-electron chi connectivity index (χ3n) is 2.41. The van der Waals surface area contributed by atoms with Crippen LogP contribution in [0.3, 0.4) is 0 Å². The molecule has 3 N–H and O–H groups in total. The molecular formula is C11H10FN3O4S. The van der Waals surface area contributed by atoms with Gasteiger partial charge in [-0.05, 0) is 25.1 Å². The number of nitrogens with one attached hydrogen (secondary N) is 1. The van der Waals surface area contributed by atoms with Gasteiger partial charge in [-0.1, -0.05) is 0 Å². The van der Waals surface area contributed by atoms with Crippen molar-refractivity contribution in [3.8, 4) is 0 Å². The molecule has 0 aliphatic rings. The maximum atomic E-state index is 13.3. The molecule has 1 amide bonds. The number of oxazole rings is 1. The van der Waals surface area contributed by atoms with Crippen LogP contribution in [0, 0.1) is 12.7 Å². The Hall–Kier alpha value is -2.26. The average Bonchev–Trinajstić information content (AvgIpc) is 2.73. The Morgan fingerprint density at radius 2 is 2.10 bits per heavy atom. The van der Waals surface area contributed by atoms with E-state index in [0.29, 0.717) is 5.69 Å². The lowest BCUT2D eigenvalue weighted by Gasteiger charge is -2.06. The standard InChI is InChI=1S/C11H10FN3O4S/c1-6-10(19-5-14-6)11(16)15-8-2-7(12)3-9(4-8)20(13,17)18/h2-5H,1H3,(H,15,16)(H2,13,17,18). The number of aryl methyl sites for hydroxylation is 1. The van der Waals surface area contributed by atoms with Gasteiger partial charge >= 0.3 is 0 Å². The quantitative estimate of drug-likeness (QED) is 0.878. The first kappa shape index (κ1) is 14.2. The van der Waals surface area contributed by atoms with E-state index in [4.69, 9.17) is 9.56 Å². The second kappa shape index (κ2) is 5.02. The Morgan fingerprint density at radius 1 is 1.40 bits per heavy atom.